The summed E-state index contributed by atoms with van der Waals surface area (Å²) in [7, 11) is 0. The zero-order valence-corrected chi connectivity index (χ0v) is 14.2. The van der Waals surface area contributed by atoms with Crippen LogP contribution >= 0.6 is 39.1 Å². The molecule has 1 aromatic carbocycles. The number of hydrogen-bond donors (Lipinski definition) is 1. The number of aryl methyl sites for hydroxylation is 1. The van der Waals surface area contributed by atoms with Crippen LogP contribution in [0.2, 0.25) is 5.02 Å². The first-order valence-corrected chi connectivity index (χ1v) is 8.22. The molecule has 0 radical (unpaired) electrons. The molecule has 2 aromatic rings. The quantitative estimate of drug-likeness (QED) is 0.786. The molecule has 108 valence electrons. The van der Waals surface area contributed by atoms with E-state index in [0.717, 1.165) is 17.0 Å². The average Bonchev–Trinajstić information content (AvgIpc) is 2.91. The molecule has 0 aliphatic carbocycles. The van der Waals surface area contributed by atoms with Crippen molar-refractivity contribution in [3.63, 3.8) is 0 Å². The number of hydrogen-bond acceptors (Lipinski definition) is 4. The largest absolute Gasteiger partial charge is 0.306 e. The molecule has 1 heterocycles. The first-order chi connectivity index (χ1) is 9.60. The standard InChI is InChI=1S/C13H14BrClFN3S/c1-3-9-13(20-19-18-9)12(17-4-2)7-5-6-8(14)10(15)11(7)16/h5-6,12,17H,3-4H2,1-2H3. The Hall–Kier alpha value is -0.560. The minimum Gasteiger partial charge on any atom is -0.306 e. The fourth-order valence-electron chi connectivity index (χ4n) is 1.99. The highest BCUT2D eigenvalue weighted by atomic mass is 79.9. The highest BCUT2D eigenvalue weighted by Gasteiger charge is 2.24. The summed E-state index contributed by atoms with van der Waals surface area (Å²) in [5.41, 5.74) is 1.40. The van der Waals surface area contributed by atoms with Gasteiger partial charge in [-0.15, -0.1) is 5.10 Å². The Morgan fingerprint density at radius 1 is 1.45 bits per heavy atom. The fraction of sp³-hybridized carbons (Fsp3) is 0.385. The van der Waals surface area contributed by atoms with Gasteiger partial charge in [-0.25, -0.2) is 4.39 Å². The van der Waals surface area contributed by atoms with Crippen molar-refractivity contribution in [2.75, 3.05) is 6.54 Å². The molecule has 0 bridgehead atoms. The second-order valence-electron chi connectivity index (χ2n) is 4.19. The van der Waals surface area contributed by atoms with E-state index in [2.05, 4.69) is 30.8 Å². The van der Waals surface area contributed by atoms with Crippen LogP contribution in [0.5, 0.6) is 0 Å². The van der Waals surface area contributed by atoms with Crippen LogP contribution in [0.15, 0.2) is 16.6 Å². The van der Waals surface area contributed by atoms with Crippen molar-refractivity contribution in [3.8, 4) is 0 Å². The third-order valence-electron chi connectivity index (χ3n) is 2.97. The summed E-state index contributed by atoms with van der Waals surface area (Å²) >= 11 is 10.5. The van der Waals surface area contributed by atoms with Crippen LogP contribution in [0.25, 0.3) is 0 Å². The summed E-state index contributed by atoms with van der Waals surface area (Å²) in [6.07, 6.45) is 0.763. The van der Waals surface area contributed by atoms with Crippen LogP contribution in [0.1, 0.15) is 36.0 Å². The van der Waals surface area contributed by atoms with Crippen molar-refractivity contribution in [1.82, 2.24) is 14.9 Å². The maximum Gasteiger partial charge on any atom is 0.148 e. The van der Waals surface area contributed by atoms with Crippen molar-refractivity contribution < 1.29 is 4.39 Å². The van der Waals surface area contributed by atoms with E-state index < -0.39 is 5.82 Å². The number of halogens is 3. The molecule has 1 N–H and O–H groups in total. The summed E-state index contributed by atoms with van der Waals surface area (Å²) < 4.78 is 19.0. The monoisotopic (exact) mass is 377 g/mol. The molecule has 0 saturated heterocycles. The van der Waals surface area contributed by atoms with Crippen molar-refractivity contribution in [2.24, 2.45) is 0 Å². The molecule has 7 heteroatoms. The Morgan fingerprint density at radius 2 is 2.20 bits per heavy atom. The minimum atomic E-state index is -0.414. The highest BCUT2D eigenvalue weighted by molar-refractivity contribution is 9.10. The SMILES string of the molecule is CCNC(c1ccc(Br)c(Cl)c1F)c1snnc1CC. The lowest BCUT2D eigenvalue weighted by molar-refractivity contribution is 0.560. The van der Waals surface area contributed by atoms with Crippen molar-refractivity contribution in [2.45, 2.75) is 26.3 Å². The number of aromatic nitrogens is 2. The van der Waals surface area contributed by atoms with Crippen molar-refractivity contribution in [1.29, 1.82) is 0 Å². The van der Waals surface area contributed by atoms with Crippen LogP contribution in [0.3, 0.4) is 0 Å². The molecular formula is C13H14BrClFN3S. The normalized spacial score (nSPS) is 12.7. The molecule has 0 spiro atoms. The topological polar surface area (TPSA) is 37.8 Å². The Labute approximate surface area is 134 Å². The van der Waals surface area contributed by atoms with Gasteiger partial charge in [-0.3, -0.25) is 0 Å². The van der Waals surface area contributed by atoms with Gasteiger partial charge in [0.1, 0.15) is 5.82 Å². The van der Waals surface area contributed by atoms with Crippen LogP contribution < -0.4 is 5.32 Å². The van der Waals surface area contributed by atoms with E-state index in [4.69, 9.17) is 11.6 Å². The van der Waals surface area contributed by atoms with Crippen LogP contribution in [0, 0.1) is 5.82 Å². The van der Waals surface area contributed by atoms with Crippen molar-refractivity contribution in [3.05, 3.63) is 43.6 Å². The highest BCUT2D eigenvalue weighted by Crippen LogP contribution is 2.34. The maximum absolute atomic E-state index is 14.4. The molecule has 2 rings (SSSR count). The molecule has 1 unspecified atom stereocenters. The fourth-order valence-corrected chi connectivity index (χ4v) is 3.30. The molecule has 3 nitrogen and oxygen atoms in total. The molecule has 0 aliphatic heterocycles. The van der Waals surface area contributed by atoms with Gasteiger partial charge < -0.3 is 5.32 Å². The zero-order valence-electron chi connectivity index (χ0n) is 11.1. The molecule has 0 saturated carbocycles. The average molecular weight is 379 g/mol. The lowest BCUT2D eigenvalue weighted by Crippen LogP contribution is -2.23. The Bertz CT molecular complexity index is 605. The Balaban J connectivity index is 2.52. The summed E-state index contributed by atoms with van der Waals surface area (Å²) in [6.45, 7) is 4.69. The second-order valence-corrected chi connectivity index (χ2v) is 6.21. The number of rotatable bonds is 5. The van der Waals surface area contributed by atoms with Gasteiger partial charge in [0.05, 0.1) is 21.6 Å². The zero-order chi connectivity index (χ0) is 14.7. The van der Waals surface area contributed by atoms with Gasteiger partial charge in [0, 0.05) is 10.0 Å². The smallest absolute Gasteiger partial charge is 0.148 e. The van der Waals surface area contributed by atoms with E-state index in [1.54, 1.807) is 12.1 Å². The second kappa shape index (κ2) is 6.93. The first kappa shape index (κ1) is 15.8. The van der Waals surface area contributed by atoms with Crippen LogP contribution in [-0.4, -0.2) is 16.1 Å². The molecule has 0 aliphatic rings. The predicted octanol–water partition coefficient (Wildman–Crippen LogP) is 4.35. The molecule has 1 aromatic heterocycles. The van der Waals surface area contributed by atoms with Gasteiger partial charge in [-0.1, -0.05) is 36.0 Å². The van der Waals surface area contributed by atoms with Gasteiger partial charge in [-0.05, 0) is 46.5 Å². The van der Waals surface area contributed by atoms with Crippen molar-refractivity contribution >= 4 is 39.1 Å². The van der Waals surface area contributed by atoms with E-state index in [0.29, 0.717) is 16.6 Å². The van der Waals surface area contributed by atoms with Gasteiger partial charge in [0.2, 0.25) is 0 Å². The lowest BCUT2D eigenvalue weighted by atomic mass is 10.0. The number of benzene rings is 1. The first-order valence-electron chi connectivity index (χ1n) is 6.28. The van der Waals surface area contributed by atoms with Gasteiger partial charge in [0.25, 0.3) is 0 Å². The lowest BCUT2D eigenvalue weighted by Gasteiger charge is -2.19. The van der Waals surface area contributed by atoms with E-state index >= 15 is 0 Å². The van der Waals surface area contributed by atoms with Gasteiger partial charge in [-0.2, -0.15) is 0 Å². The van der Waals surface area contributed by atoms with E-state index in [-0.39, 0.29) is 11.1 Å². The third kappa shape index (κ3) is 3.03. The minimum absolute atomic E-state index is 0.0981. The molecule has 1 atom stereocenters. The van der Waals surface area contributed by atoms with Gasteiger partial charge in [0.15, 0.2) is 0 Å². The molecule has 0 amide bonds. The summed E-state index contributed by atoms with van der Waals surface area (Å²) in [6, 6.07) is 3.21. The summed E-state index contributed by atoms with van der Waals surface area (Å²) in [4.78, 5) is 0.937. The predicted molar refractivity (Wildman–Crippen MR) is 83.9 cm³/mol. The molecule has 20 heavy (non-hydrogen) atoms. The summed E-state index contributed by atoms with van der Waals surface area (Å²) in [5, 5.41) is 7.47. The van der Waals surface area contributed by atoms with E-state index in [1.807, 2.05) is 13.8 Å². The maximum atomic E-state index is 14.4. The number of nitrogens with zero attached hydrogens (tertiary/aromatic N) is 2. The van der Waals surface area contributed by atoms with Crippen LogP contribution in [-0.2, 0) is 6.42 Å². The molecule has 0 fully saturated rings. The molecular weight excluding hydrogens is 365 g/mol. The van der Waals surface area contributed by atoms with E-state index in [9.17, 15) is 4.39 Å². The third-order valence-corrected chi connectivity index (χ3v) is 5.06. The number of nitrogens with one attached hydrogen (secondary N) is 1. The van der Waals surface area contributed by atoms with Gasteiger partial charge >= 0.3 is 0 Å². The Kier molecular flexibility index (Phi) is 5.49. The Morgan fingerprint density at radius 3 is 2.85 bits per heavy atom. The van der Waals surface area contributed by atoms with E-state index in [1.165, 1.54) is 11.5 Å². The summed E-state index contributed by atoms with van der Waals surface area (Å²) in [5.74, 6) is -0.414. The van der Waals surface area contributed by atoms with Crippen LogP contribution in [0.4, 0.5) is 4.39 Å².